The molecule has 0 saturated heterocycles. The van der Waals surface area contributed by atoms with Crippen molar-refractivity contribution < 1.29 is 22.7 Å². The van der Waals surface area contributed by atoms with Crippen LogP contribution in [0, 0.1) is 0 Å². The first kappa shape index (κ1) is 20.6. The van der Waals surface area contributed by atoms with E-state index in [1.54, 1.807) is 25.2 Å². The maximum atomic E-state index is 12.0. The molecule has 0 atom stereocenters. The fraction of sp³-hybridized carbons (Fsp3) is 0.263. The molecule has 1 amide bonds. The second kappa shape index (κ2) is 9.84. The SMILES string of the molecule is CN(Cc1ccccc1)C(=O)COC(=O)CCNS(=O)(=O)c1ccccc1. The monoisotopic (exact) mass is 390 g/mol. The Kier molecular flexibility index (Phi) is 7.51. The van der Waals surface area contributed by atoms with Gasteiger partial charge in [0.2, 0.25) is 10.0 Å². The molecule has 144 valence electrons. The zero-order valence-electron chi connectivity index (χ0n) is 15.0. The Balaban J connectivity index is 1.70. The lowest BCUT2D eigenvalue weighted by Crippen LogP contribution is -2.31. The first-order valence-electron chi connectivity index (χ1n) is 8.37. The molecule has 0 fully saturated rings. The van der Waals surface area contributed by atoms with Crippen molar-refractivity contribution in [1.29, 1.82) is 0 Å². The summed E-state index contributed by atoms with van der Waals surface area (Å²) in [7, 11) is -2.05. The molecule has 2 rings (SSSR count). The summed E-state index contributed by atoms with van der Waals surface area (Å²) in [5, 5.41) is 0. The van der Waals surface area contributed by atoms with Crippen LogP contribution in [-0.2, 0) is 30.9 Å². The molecule has 27 heavy (non-hydrogen) atoms. The highest BCUT2D eigenvalue weighted by Crippen LogP contribution is 2.07. The van der Waals surface area contributed by atoms with Crippen molar-refractivity contribution >= 4 is 21.9 Å². The Morgan fingerprint density at radius 2 is 1.59 bits per heavy atom. The van der Waals surface area contributed by atoms with E-state index < -0.39 is 16.0 Å². The lowest BCUT2D eigenvalue weighted by atomic mass is 10.2. The lowest BCUT2D eigenvalue weighted by molar-refractivity contribution is -0.151. The van der Waals surface area contributed by atoms with Gasteiger partial charge in [-0.25, -0.2) is 13.1 Å². The first-order chi connectivity index (χ1) is 12.9. The third-order valence-electron chi connectivity index (χ3n) is 3.72. The number of nitrogens with one attached hydrogen (secondary N) is 1. The smallest absolute Gasteiger partial charge is 0.307 e. The fourth-order valence-electron chi connectivity index (χ4n) is 2.24. The van der Waals surface area contributed by atoms with Crippen molar-refractivity contribution in [2.75, 3.05) is 20.2 Å². The predicted octanol–water partition coefficient (Wildman–Crippen LogP) is 1.56. The second-order valence-corrected chi connectivity index (χ2v) is 7.62. The fourth-order valence-corrected chi connectivity index (χ4v) is 3.29. The van der Waals surface area contributed by atoms with Crippen LogP contribution in [0.25, 0.3) is 0 Å². The van der Waals surface area contributed by atoms with Gasteiger partial charge in [-0.05, 0) is 17.7 Å². The van der Waals surface area contributed by atoms with Gasteiger partial charge in [-0.3, -0.25) is 9.59 Å². The van der Waals surface area contributed by atoms with Gasteiger partial charge in [-0.1, -0.05) is 48.5 Å². The molecule has 0 aromatic heterocycles. The van der Waals surface area contributed by atoms with Crippen molar-refractivity contribution in [3.63, 3.8) is 0 Å². The summed E-state index contributed by atoms with van der Waals surface area (Å²) in [4.78, 5) is 25.3. The molecule has 0 aliphatic carbocycles. The van der Waals surface area contributed by atoms with Crippen LogP contribution >= 0.6 is 0 Å². The molecule has 0 aliphatic heterocycles. The average molecular weight is 390 g/mol. The topological polar surface area (TPSA) is 92.8 Å². The summed E-state index contributed by atoms with van der Waals surface area (Å²) >= 11 is 0. The summed E-state index contributed by atoms with van der Waals surface area (Å²) in [6, 6.07) is 17.3. The van der Waals surface area contributed by atoms with E-state index in [1.165, 1.54) is 17.0 Å². The highest BCUT2D eigenvalue weighted by atomic mass is 32.2. The number of likely N-dealkylation sites (N-methyl/N-ethyl adjacent to an activating group) is 1. The van der Waals surface area contributed by atoms with Gasteiger partial charge in [0, 0.05) is 20.1 Å². The first-order valence-corrected chi connectivity index (χ1v) is 9.85. The minimum absolute atomic E-state index is 0.107. The number of nitrogens with zero attached hydrogens (tertiary/aromatic N) is 1. The molecule has 2 aromatic carbocycles. The minimum atomic E-state index is -3.67. The number of ether oxygens (including phenoxy) is 1. The maximum Gasteiger partial charge on any atom is 0.307 e. The van der Waals surface area contributed by atoms with Crippen LogP contribution in [0.15, 0.2) is 65.6 Å². The van der Waals surface area contributed by atoms with Gasteiger partial charge in [0.15, 0.2) is 6.61 Å². The van der Waals surface area contributed by atoms with Crippen LogP contribution in [-0.4, -0.2) is 45.4 Å². The number of rotatable bonds is 9. The van der Waals surface area contributed by atoms with Gasteiger partial charge in [-0.15, -0.1) is 0 Å². The van der Waals surface area contributed by atoms with Crippen LogP contribution in [0.1, 0.15) is 12.0 Å². The van der Waals surface area contributed by atoms with E-state index in [1.807, 2.05) is 30.3 Å². The summed E-state index contributed by atoms with van der Waals surface area (Å²) in [5.74, 6) is -0.982. The van der Waals surface area contributed by atoms with Gasteiger partial charge in [0.05, 0.1) is 11.3 Å². The third kappa shape index (κ3) is 6.84. The van der Waals surface area contributed by atoms with Crippen LogP contribution in [0.4, 0.5) is 0 Å². The number of carbonyl (C=O) groups excluding carboxylic acids is 2. The number of hydrogen-bond acceptors (Lipinski definition) is 5. The zero-order chi connectivity index (χ0) is 19.7. The van der Waals surface area contributed by atoms with E-state index in [0.29, 0.717) is 6.54 Å². The van der Waals surface area contributed by atoms with Crippen LogP contribution in [0.3, 0.4) is 0 Å². The van der Waals surface area contributed by atoms with Gasteiger partial charge >= 0.3 is 5.97 Å². The molecule has 0 spiro atoms. The van der Waals surface area contributed by atoms with Gasteiger partial charge in [0.25, 0.3) is 5.91 Å². The lowest BCUT2D eigenvalue weighted by Gasteiger charge is -2.17. The quantitative estimate of drug-likeness (QED) is 0.656. The molecule has 0 saturated carbocycles. The molecular weight excluding hydrogens is 368 g/mol. The number of hydrogen-bond donors (Lipinski definition) is 1. The van der Waals surface area contributed by atoms with E-state index >= 15 is 0 Å². The molecule has 2 aromatic rings. The summed E-state index contributed by atoms with van der Waals surface area (Å²) in [5.41, 5.74) is 0.968. The van der Waals surface area contributed by atoms with Crippen molar-refractivity contribution in [1.82, 2.24) is 9.62 Å². The molecule has 7 nitrogen and oxygen atoms in total. The van der Waals surface area contributed by atoms with Gasteiger partial charge < -0.3 is 9.64 Å². The Labute approximate surface area is 159 Å². The minimum Gasteiger partial charge on any atom is -0.456 e. The zero-order valence-corrected chi connectivity index (χ0v) is 15.8. The van der Waals surface area contributed by atoms with Crippen molar-refractivity contribution in [2.45, 2.75) is 17.9 Å². The standard InChI is InChI=1S/C19H22N2O5S/c1-21(14-16-8-4-2-5-9-16)18(22)15-26-19(23)12-13-20-27(24,25)17-10-6-3-7-11-17/h2-11,20H,12-15H2,1H3. The summed E-state index contributed by atoms with van der Waals surface area (Å²) < 4.78 is 31.3. The Morgan fingerprint density at radius 1 is 1.00 bits per heavy atom. The molecular formula is C19H22N2O5S. The number of amides is 1. The molecule has 0 heterocycles. The normalized spacial score (nSPS) is 11.0. The molecule has 0 aliphatic rings. The van der Waals surface area contributed by atoms with Gasteiger partial charge in [0.1, 0.15) is 0 Å². The average Bonchev–Trinajstić information content (AvgIpc) is 2.67. The third-order valence-corrected chi connectivity index (χ3v) is 5.20. The van der Waals surface area contributed by atoms with Crippen LogP contribution < -0.4 is 4.72 Å². The molecule has 0 radical (unpaired) electrons. The highest BCUT2D eigenvalue weighted by Gasteiger charge is 2.15. The van der Waals surface area contributed by atoms with Crippen molar-refractivity contribution in [3.8, 4) is 0 Å². The number of esters is 1. The summed E-state index contributed by atoms with van der Waals surface area (Å²) in [6.07, 6.45) is -0.165. The Hall–Kier alpha value is -2.71. The van der Waals surface area contributed by atoms with E-state index in [9.17, 15) is 18.0 Å². The predicted molar refractivity (Wildman–Crippen MR) is 100 cm³/mol. The number of sulfonamides is 1. The van der Waals surface area contributed by atoms with E-state index in [4.69, 9.17) is 4.74 Å². The van der Waals surface area contributed by atoms with Crippen molar-refractivity contribution in [3.05, 3.63) is 66.2 Å². The Morgan fingerprint density at radius 3 is 2.22 bits per heavy atom. The summed E-state index contributed by atoms with van der Waals surface area (Å²) in [6.45, 7) is -0.0776. The van der Waals surface area contributed by atoms with Gasteiger partial charge in [-0.2, -0.15) is 0 Å². The van der Waals surface area contributed by atoms with E-state index in [0.717, 1.165) is 5.56 Å². The van der Waals surface area contributed by atoms with Crippen molar-refractivity contribution in [2.24, 2.45) is 0 Å². The molecule has 8 heteroatoms. The molecule has 1 N–H and O–H groups in total. The van der Waals surface area contributed by atoms with E-state index in [-0.39, 0.29) is 30.4 Å². The number of benzene rings is 2. The molecule has 0 unspecified atom stereocenters. The largest absolute Gasteiger partial charge is 0.456 e. The van der Waals surface area contributed by atoms with E-state index in [2.05, 4.69) is 4.72 Å². The Bertz CT molecular complexity index is 854. The second-order valence-electron chi connectivity index (χ2n) is 5.86. The van der Waals surface area contributed by atoms with Crippen LogP contribution in [0.5, 0.6) is 0 Å². The number of carbonyl (C=O) groups is 2. The maximum absolute atomic E-state index is 12.0. The highest BCUT2D eigenvalue weighted by molar-refractivity contribution is 7.89. The van der Waals surface area contributed by atoms with Crippen LogP contribution in [0.2, 0.25) is 0 Å². The molecule has 0 bridgehead atoms.